The molecule has 0 spiro atoms. The number of likely N-dealkylation sites (N-methyl/N-ethyl adjacent to an activating group) is 1. The van der Waals surface area contributed by atoms with Gasteiger partial charge in [0.25, 0.3) is 0 Å². The molecule has 19 heavy (non-hydrogen) atoms. The molecule has 0 radical (unpaired) electrons. The number of hydrogen-bond acceptors (Lipinski definition) is 4. The quantitative estimate of drug-likeness (QED) is 0.867. The van der Waals surface area contributed by atoms with Gasteiger partial charge in [0.05, 0.1) is 6.10 Å². The summed E-state index contributed by atoms with van der Waals surface area (Å²) >= 11 is 1.95. The van der Waals surface area contributed by atoms with E-state index in [0.717, 1.165) is 25.7 Å². The molecule has 0 amide bonds. The van der Waals surface area contributed by atoms with Gasteiger partial charge in [0, 0.05) is 41.5 Å². The van der Waals surface area contributed by atoms with E-state index < -0.39 is 0 Å². The lowest BCUT2D eigenvalue weighted by molar-refractivity contribution is 0.0817. The molecule has 1 aromatic rings. The van der Waals surface area contributed by atoms with E-state index in [0.29, 0.717) is 12.1 Å². The van der Waals surface area contributed by atoms with E-state index in [1.165, 1.54) is 29.0 Å². The molecular weight excluding hydrogens is 256 g/mol. The molecule has 2 fully saturated rings. The first-order chi connectivity index (χ1) is 9.22. The molecule has 1 N–H and O–H groups in total. The first-order valence-electron chi connectivity index (χ1n) is 7.35. The zero-order valence-corrected chi connectivity index (χ0v) is 12.7. The summed E-state index contributed by atoms with van der Waals surface area (Å²) in [6, 6.07) is 5.93. The third kappa shape index (κ3) is 3.57. The third-order valence-corrected chi connectivity index (χ3v) is 5.24. The fraction of sp³-hybridized carbons (Fsp3) is 0.733. The lowest BCUT2D eigenvalue weighted by Crippen LogP contribution is -2.35. The molecule has 3 nitrogen and oxygen atoms in total. The molecule has 106 valence electrons. The van der Waals surface area contributed by atoms with E-state index in [4.69, 9.17) is 4.74 Å². The summed E-state index contributed by atoms with van der Waals surface area (Å²) in [5, 5.41) is 3.58. The number of hydrogen-bond donors (Lipinski definition) is 1. The second-order valence-electron chi connectivity index (χ2n) is 5.87. The number of ether oxygens (including phenoxy) is 1. The second kappa shape index (κ2) is 5.92. The van der Waals surface area contributed by atoms with Crippen LogP contribution < -0.4 is 5.32 Å². The average Bonchev–Trinajstić information content (AvgIpc) is 2.95. The fourth-order valence-electron chi connectivity index (χ4n) is 2.80. The Morgan fingerprint density at radius 2 is 2.11 bits per heavy atom. The van der Waals surface area contributed by atoms with Crippen molar-refractivity contribution >= 4 is 11.3 Å². The van der Waals surface area contributed by atoms with Gasteiger partial charge in [-0.05, 0) is 45.4 Å². The van der Waals surface area contributed by atoms with Gasteiger partial charge < -0.3 is 10.1 Å². The van der Waals surface area contributed by atoms with Gasteiger partial charge in [0.2, 0.25) is 0 Å². The molecule has 0 aromatic carbocycles. The maximum atomic E-state index is 5.65. The van der Waals surface area contributed by atoms with Gasteiger partial charge in [-0.2, -0.15) is 0 Å². The average molecular weight is 280 g/mol. The highest BCUT2D eigenvalue weighted by molar-refractivity contribution is 7.11. The first-order valence-corrected chi connectivity index (χ1v) is 8.17. The smallest absolute Gasteiger partial charge is 0.0703 e. The van der Waals surface area contributed by atoms with Gasteiger partial charge in [-0.25, -0.2) is 0 Å². The zero-order valence-electron chi connectivity index (χ0n) is 11.9. The number of nitrogens with zero attached hydrogens (tertiary/aromatic N) is 1. The van der Waals surface area contributed by atoms with Crippen molar-refractivity contribution in [3.8, 4) is 0 Å². The van der Waals surface area contributed by atoms with Crippen molar-refractivity contribution < 1.29 is 4.74 Å². The lowest BCUT2D eigenvalue weighted by Gasteiger charge is -2.25. The predicted octanol–water partition coefficient (Wildman–Crippen LogP) is 2.61. The van der Waals surface area contributed by atoms with Crippen LogP contribution in [0.5, 0.6) is 0 Å². The van der Waals surface area contributed by atoms with Crippen LogP contribution in [0.1, 0.15) is 35.9 Å². The maximum Gasteiger partial charge on any atom is 0.0703 e. The highest BCUT2D eigenvalue weighted by atomic mass is 32.1. The van der Waals surface area contributed by atoms with Crippen LogP contribution in [0.25, 0.3) is 0 Å². The Morgan fingerprint density at radius 3 is 2.79 bits per heavy atom. The topological polar surface area (TPSA) is 24.5 Å². The summed E-state index contributed by atoms with van der Waals surface area (Å²) in [4.78, 5) is 5.38. The van der Waals surface area contributed by atoms with Crippen molar-refractivity contribution in [3.63, 3.8) is 0 Å². The van der Waals surface area contributed by atoms with Crippen molar-refractivity contribution in [2.24, 2.45) is 0 Å². The molecule has 2 aliphatic rings. The van der Waals surface area contributed by atoms with Crippen molar-refractivity contribution in [1.82, 2.24) is 10.2 Å². The highest BCUT2D eigenvalue weighted by Crippen LogP contribution is 2.24. The molecule has 1 saturated heterocycles. The Bertz CT molecular complexity index is 416. The summed E-state index contributed by atoms with van der Waals surface area (Å²) < 4.78 is 5.65. The Kier molecular flexibility index (Phi) is 4.22. The largest absolute Gasteiger partial charge is 0.377 e. The Labute approximate surface area is 119 Å². The Morgan fingerprint density at radius 1 is 1.32 bits per heavy atom. The monoisotopic (exact) mass is 280 g/mol. The van der Waals surface area contributed by atoms with Gasteiger partial charge in [-0.15, -0.1) is 11.3 Å². The molecular formula is C15H24N2OS. The molecule has 3 rings (SSSR count). The van der Waals surface area contributed by atoms with Gasteiger partial charge in [0.15, 0.2) is 0 Å². The predicted molar refractivity (Wildman–Crippen MR) is 79.5 cm³/mol. The highest BCUT2D eigenvalue weighted by Gasteiger charge is 2.28. The van der Waals surface area contributed by atoms with E-state index >= 15 is 0 Å². The molecule has 2 heterocycles. The maximum absolute atomic E-state index is 5.65. The SMILES string of the molecule is CC1OCCC1N(C)Cc1ccc(CNC2CC2)s1. The number of thiophene rings is 1. The molecule has 1 aromatic heterocycles. The van der Waals surface area contributed by atoms with E-state index in [1.54, 1.807) is 0 Å². The minimum absolute atomic E-state index is 0.376. The van der Waals surface area contributed by atoms with Crippen molar-refractivity contribution in [2.45, 2.75) is 57.5 Å². The molecule has 1 saturated carbocycles. The Balaban J connectivity index is 1.50. The normalized spacial score (nSPS) is 27.3. The van der Waals surface area contributed by atoms with Crippen molar-refractivity contribution in [1.29, 1.82) is 0 Å². The first kappa shape index (κ1) is 13.6. The summed E-state index contributed by atoms with van der Waals surface area (Å²) in [7, 11) is 2.22. The molecule has 2 unspecified atom stereocenters. The molecule has 4 heteroatoms. The van der Waals surface area contributed by atoms with Gasteiger partial charge >= 0.3 is 0 Å². The minimum Gasteiger partial charge on any atom is -0.377 e. The summed E-state index contributed by atoms with van der Waals surface area (Å²) in [6.07, 6.45) is 4.26. The molecule has 1 aliphatic heterocycles. The third-order valence-electron chi connectivity index (χ3n) is 4.17. The van der Waals surface area contributed by atoms with Crippen LogP contribution in [-0.2, 0) is 17.8 Å². The van der Waals surface area contributed by atoms with Gasteiger partial charge in [-0.3, -0.25) is 4.90 Å². The summed E-state index contributed by atoms with van der Waals surface area (Å²) in [5.41, 5.74) is 0. The van der Waals surface area contributed by atoms with Gasteiger partial charge in [0.1, 0.15) is 0 Å². The van der Waals surface area contributed by atoms with Crippen molar-refractivity contribution in [3.05, 3.63) is 21.9 Å². The van der Waals surface area contributed by atoms with Gasteiger partial charge in [-0.1, -0.05) is 0 Å². The van der Waals surface area contributed by atoms with Crippen molar-refractivity contribution in [2.75, 3.05) is 13.7 Å². The minimum atomic E-state index is 0.376. The van der Waals surface area contributed by atoms with Crippen LogP contribution in [0.3, 0.4) is 0 Å². The van der Waals surface area contributed by atoms with Crippen LogP contribution in [0.15, 0.2) is 12.1 Å². The summed E-state index contributed by atoms with van der Waals surface area (Å²) in [6.45, 7) is 5.19. The standard InChI is InChI=1S/C15H24N2OS/c1-11-15(7-8-18-11)17(2)10-14-6-5-13(19-14)9-16-12-3-4-12/h5-6,11-12,15-16H,3-4,7-10H2,1-2H3. The van der Waals surface area contributed by atoms with E-state index in [1.807, 2.05) is 11.3 Å². The lowest BCUT2D eigenvalue weighted by atomic mass is 10.1. The molecule has 0 bridgehead atoms. The van der Waals surface area contributed by atoms with E-state index in [-0.39, 0.29) is 0 Å². The van der Waals surface area contributed by atoms with Crippen LogP contribution in [0.2, 0.25) is 0 Å². The summed E-state index contributed by atoms with van der Waals surface area (Å²) in [5.74, 6) is 0. The van der Waals surface area contributed by atoms with Crippen LogP contribution >= 0.6 is 11.3 Å². The molecule has 1 aliphatic carbocycles. The Hall–Kier alpha value is -0.420. The van der Waals surface area contributed by atoms with Crippen LogP contribution in [0, 0.1) is 0 Å². The fourth-order valence-corrected chi connectivity index (χ4v) is 3.83. The van der Waals surface area contributed by atoms with Crippen LogP contribution in [0.4, 0.5) is 0 Å². The molecule has 2 atom stereocenters. The number of nitrogens with one attached hydrogen (secondary N) is 1. The second-order valence-corrected chi connectivity index (χ2v) is 7.12. The van der Waals surface area contributed by atoms with E-state index in [2.05, 4.69) is 36.3 Å². The van der Waals surface area contributed by atoms with E-state index in [9.17, 15) is 0 Å². The zero-order chi connectivity index (χ0) is 13.2. The number of rotatable bonds is 6. The van der Waals surface area contributed by atoms with Crippen LogP contribution in [-0.4, -0.2) is 36.7 Å².